The van der Waals surface area contributed by atoms with Gasteiger partial charge >= 0.3 is 0 Å². The Kier molecular flexibility index (Phi) is 3.60. The van der Waals surface area contributed by atoms with Crippen molar-refractivity contribution in [2.24, 2.45) is 5.92 Å². The molecule has 25 heavy (non-hydrogen) atoms. The molecule has 126 valence electrons. The number of hydrogen-bond acceptors (Lipinski definition) is 4. The summed E-state index contributed by atoms with van der Waals surface area (Å²) < 4.78 is 0. The molecular formula is C19H17N3O3. The number of fused-ring (bicyclic) bond motifs is 1. The maximum absolute atomic E-state index is 12.5. The average Bonchev–Trinajstić information content (AvgIpc) is 3.39. The van der Waals surface area contributed by atoms with E-state index < -0.39 is 0 Å². The first-order valence-electron chi connectivity index (χ1n) is 8.27. The molecule has 1 aliphatic heterocycles. The number of nitrogens with zero attached hydrogens (tertiary/aromatic N) is 2. The first kappa shape index (κ1) is 15.5. The van der Waals surface area contributed by atoms with Gasteiger partial charge in [0.25, 0.3) is 17.7 Å². The average molecular weight is 335 g/mol. The van der Waals surface area contributed by atoms with Gasteiger partial charge in [-0.3, -0.25) is 24.3 Å². The predicted molar refractivity (Wildman–Crippen MR) is 91.5 cm³/mol. The topological polar surface area (TPSA) is 79.4 Å². The summed E-state index contributed by atoms with van der Waals surface area (Å²) in [6.07, 6.45) is 3.64. The second-order valence-electron chi connectivity index (χ2n) is 6.57. The van der Waals surface area contributed by atoms with Gasteiger partial charge in [-0.2, -0.15) is 0 Å². The Hall–Kier alpha value is -3.02. The van der Waals surface area contributed by atoms with Crippen molar-refractivity contribution in [3.63, 3.8) is 0 Å². The zero-order valence-corrected chi connectivity index (χ0v) is 13.8. The first-order valence-corrected chi connectivity index (χ1v) is 8.27. The Balaban J connectivity index is 1.55. The highest BCUT2D eigenvalue weighted by Gasteiger charge is 2.38. The number of rotatable bonds is 4. The third-order valence-electron chi connectivity index (χ3n) is 4.54. The quantitative estimate of drug-likeness (QED) is 0.871. The molecule has 6 nitrogen and oxygen atoms in total. The second-order valence-corrected chi connectivity index (χ2v) is 6.57. The maximum Gasteiger partial charge on any atom is 0.261 e. The van der Waals surface area contributed by atoms with Crippen LogP contribution in [0.25, 0.3) is 0 Å². The van der Waals surface area contributed by atoms with Crippen LogP contribution in [0.4, 0.5) is 5.69 Å². The van der Waals surface area contributed by atoms with Crippen LogP contribution in [-0.2, 0) is 0 Å². The molecule has 1 aromatic heterocycles. The normalized spacial score (nSPS) is 16.1. The summed E-state index contributed by atoms with van der Waals surface area (Å²) >= 11 is 0. The minimum absolute atomic E-state index is 0.243. The van der Waals surface area contributed by atoms with Crippen molar-refractivity contribution in [2.75, 3.05) is 11.9 Å². The monoisotopic (exact) mass is 335 g/mol. The van der Waals surface area contributed by atoms with E-state index in [1.807, 2.05) is 6.92 Å². The highest BCUT2D eigenvalue weighted by atomic mass is 16.2. The molecule has 3 amide bonds. The predicted octanol–water partition coefficient (Wildman–Crippen LogP) is 2.65. The lowest BCUT2D eigenvalue weighted by Gasteiger charge is -2.12. The lowest BCUT2D eigenvalue weighted by molar-refractivity contribution is 0.0646. The number of aryl methyl sites for hydroxylation is 1. The van der Waals surface area contributed by atoms with Crippen LogP contribution in [0.5, 0.6) is 0 Å². The molecule has 0 spiro atoms. The van der Waals surface area contributed by atoms with Crippen molar-refractivity contribution in [2.45, 2.75) is 19.8 Å². The van der Waals surface area contributed by atoms with Crippen LogP contribution in [0.15, 0.2) is 36.5 Å². The maximum atomic E-state index is 12.5. The molecule has 1 N–H and O–H groups in total. The smallest absolute Gasteiger partial charge is 0.261 e. The van der Waals surface area contributed by atoms with Crippen LogP contribution in [0, 0.1) is 12.8 Å². The van der Waals surface area contributed by atoms with Crippen LogP contribution in [0.2, 0.25) is 0 Å². The van der Waals surface area contributed by atoms with Gasteiger partial charge in [-0.05, 0) is 56.0 Å². The van der Waals surface area contributed by atoms with E-state index in [0.29, 0.717) is 34.8 Å². The number of carbonyl (C=O) groups is 3. The van der Waals surface area contributed by atoms with Gasteiger partial charge in [0.05, 0.1) is 16.7 Å². The summed E-state index contributed by atoms with van der Waals surface area (Å²) in [5.74, 6) is -0.387. The molecule has 2 aromatic rings. The Morgan fingerprint density at radius 2 is 1.92 bits per heavy atom. The molecule has 1 aromatic carbocycles. The number of amides is 3. The fourth-order valence-electron chi connectivity index (χ4n) is 2.90. The number of imide groups is 1. The van der Waals surface area contributed by atoms with Crippen LogP contribution in [0.3, 0.4) is 0 Å². The third-order valence-corrected chi connectivity index (χ3v) is 4.54. The summed E-state index contributed by atoms with van der Waals surface area (Å²) in [5, 5.41) is 2.75. The first-order chi connectivity index (χ1) is 12.0. The van der Waals surface area contributed by atoms with Crippen LogP contribution < -0.4 is 5.32 Å². The summed E-state index contributed by atoms with van der Waals surface area (Å²) in [6, 6.07) is 8.27. The summed E-state index contributed by atoms with van der Waals surface area (Å²) in [6.45, 7) is 2.33. The van der Waals surface area contributed by atoms with Gasteiger partial charge in [-0.1, -0.05) is 0 Å². The Labute approximate surface area is 144 Å². The van der Waals surface area contributed by atoms with Crippen LogP contribution in [0.1, 0.15) is 49.6 Å². The molecule has 1 saturated carbocycles. The van der Waals surface area contributed by atoms with Crippen molar-refractivity contribution >= 4 is 23.4 Å². The summed E-state index contributed by atoms with van der Waals surface area (Å²) in [4.78, 5) is 42.6. The number of nitrogens with one attached hydrogen (secondary N) is 1. The number of pyridine rings is 1. The SMILES string of the molecule is Cc1ccc(C(=O)Nc2ccc3c(c2)C(=O)N(CC2CC2)C3=O)cn1. The second kappa shape index (κ2) is 5.81. The Bertz CT molecular complexity index is 885. The number of aromatic nitrogens is 1. The van der Waals surface area contributed by atoms with Crippen LogP contribution in [-0.4, -0.2) is 34.2 Å². The molecule has 1 fully saturated rings. The minimum atomic E-state index is -0.306. The van der Waals surface area contributed by atoms with Crippen molar-refractivity contribution in [3.05, 3.63) is 58.9 Å². The molecule has 2 aliphatic rings. The van der Waals surface area contributed by atoms with Gasteiger partial charge in [-0.25, -0.2) is 0 Å². The molecule has 2 heterocycles. The fourth-order valence-corrected chi connectivity index (χ4v) is 2.90. The summed E-state index contributed by atoms with van der Waals surface area (Å²) in [7, 11) is 0. The van der Waals surface area contributed by atoms with E-state index in [0.717, 1.165) is 18.5 Å². The molecule has 0 unspecified atom stereocenters. The summed E-state index contributed by atoms with van der Waals surface area (Å²) in [5.41, 5.74) is 2.50. The number of carbonyl (C=O) groups excluding carboxylic acids is 3. The molecule has 1 aliphatic carbocycles. The number of hydrogen-bond donors (Lipinski definition) is 1. The van der Waals surface area contributed by atoms with E-state index in [1.54, 1.807) is 30.3 Å². The molecule has 0 bridgehead atoms. The zero-order chi connectivity index (χ0) is 17.6. The molecule has 0 saturated heterocycles. The molecule has 0 atom stereocenters. The standard InChI is InChI=1S/C19H17N3O3/c1-11-2-5-13(9-20-11)17(23)21-14-6-7-15-16(8-14)19(25)22(18(15)24)10-12-3-4-12/h2,5-9,12H,3-4,10H2,1H3,(H,21,23). The highest BCUT2D eigenvalue weighted by molar-refractivity contribution is 6.22. The minimum Gasteiger partial charge on any atom is -0.322 e. The Morgan fingerprint density at radius 1 is 1.16 bits per heavy atom. The van der Waals surface area contributed by atoms with E-state index in [2.05, 4.69) is 10.3 Å². The van der Waals surface area contributed by atoms with Gasteiger partial charge in [0.15, 0.2) is 0 Å². The lowest BCUT2D eigenvalue weighted by Crippen LogP contribution is -2.31. The van der Waals surface area contributed by atoms with Crippen molar-refractivity contribution in [1.82, 2.24) is 9.88 Å². The van der Waals surface area contributed by atoms with E-state index in [9.17, 15) is 14.4 Å². The van der Waals surface area contributed by atoms with E-state index in [1.165, 1.54) is 11.1 Å². The van der Waals surface area contributed by atoms with Gasteiger partial charge in [0.1, 0.15) is 0 Å². The Morgan fingerprint density at radius 3 is 2.60 bits per heavy atom. The van der Waals surface area contributed by atoms with Gasteiger partial charge < -0.3 is 5.32 Å². The van der Waals surface area contributed by atoms with Gasteiger partial charge in [0, 0.05) is 24.1 Å². The molecule has 0 radical (unpaired) electrons. The fraction of sp³-hybridized carbons (Fsp3) is 0.263. The van der Waals surface area contributed by atoms with Gasteiger partial charge in [0.2, 0.25) is 0 Å². The lowest BCUT2D eigenvalue weighted by atomic mass is 10.1. The molecular weight excluding hydrogens is 318 g/mol. The number of anilines is 1. The number of benzene rings is 1. The van der Waals surface area contributed by atoms with Crippen molar-refractivity contribution < 1.29 is 14.4 Å². The van der Waals surface area contributed by atoms with E-state index >= 15 is 0 Å². The third kappa shape index (κ3) is 2.91. The van der Waals surface area contributed by atoms with E-state index in [4.69, 9.17) is 0 Å². The van der Waals surface area contributed by atoms with E-state index in [-0.39, 0.29) is 17.7 Å². The van der Waals surface area contributed by atoms with Gasteiger partial charge in [-0.15, -0.1) is 0 Å². The highest BCUT2D eigenvalue weighted by Crippen LogP contribution is 2.33. The molecule has 6 heteroatoms. The van der Waals surface area contributed by atoms with Crippen molar-refractivity contribution in [1.29, 1.82) is 0 Å². The van der Waals surface area contributed by atoms with Crippen LogP contribution >= 0.6 is 0 Å². The largest absolute Gasteiger partial charge is 0.322 e. The molecule has 4 rings (SSSR count). The zero-order valence-electron chi connectivity index (χ0n) is 13.8. The van der Waals surface area contributed by atoms with Crippen molar-refractivity contribution in [3.8, 4) is 0 Å².